The zero-order chi connectivity index (χ0) is 17.3. The highest BCUT2D eigenvalue weighted by molar-refractivity contribution is 5.85. The molecule has 0 saturated heterocycles. The van der Waals surface area contributed by atoms with Crippen LogP contribution in [0.4, 0.5) is 0 Å². The fourth-order valence-corrected chi connectivity index (χ4v) is 0.216. The predicted molar refractivity (Wildman–Crippen MR) is 74.1 cm³/mol. The highest BCUT2D eigenvalue weighted by Crippen LogP contribution is 1.81. The van der Waals surface area contributed by atoms with Gasteiger partial charge in [0, 0.05) is 11.1 Å². The van der Waals surface area contributed by atoms with Crippen molar-refractivity contribution in [2.24, 2.45) is 0 Å². The van der Waals surface area contributed by atoms with Crippen molar-refractivity contribution in [2.75, 3.05) is 26.4 Å². The second-order valence-corrected chi connectivity index (χ2v) is 3.40. The van der Waals surface area contributed by atoms with E-state index in [0.29, 0.717) is 0 Å². The van der Waals surface area contributed by atoms with E-state index in [1.165, 1.54) is 13.8 Å². The average molecular weight is 309 g/mol. The number of carboxylic acids is 2. The summed E-state index contributed by atoms with van der Waals surface area (Å²) >= 11 is 0. The molecule has 0 radical (unpaired) electrons. The van der Waals surface area contributed by atoms with Crippen LogP contribution in [0.2, 0.25) is 0 Å². The Morgan fingerprint density at radius 3 is 1.29 bits per heavy atom. The lowest BCUT2D eigenvalue weighted by atomic mass is 10.4. The highest BCUT2D eigenvalue weighted by Gasteiger charge is 1.90. The topological polar surface area (TPSA) is 146 Å². The Kier molecular flexibility index (Phi) is 21.0. The number of aliphatic hydroxyl groups excluding tert-OH is 2. The van der Waals surface area contributed by atoms with Crippen LogP contribution < -0.4 is 5.64 Å². The van der Waals surface area contributed by atoms with E-state index in [2.05, 4.69) is 28.5 Å². The van der Waals surface area contributed by atoms with E-state index < -0.39 is 11.9 Å². The molecule has 0 aromatic rings. The Morgan fingerprint density at radius 1 is 0.905 bits per heavy atom. The monoisotopic (exact) mass is 309 g/mol. The lowest BCUT2D eigenvalue weighted by Crippen LogP contribution is -2.19. The van der Waals surface area contributed by atoms with Crippen LogP contribution in [0.25, 0.3) is 0 Å². The standard InChI is InChI=1S/C4H11NO4.2C4H6O2/c6-1-3-8-5-9-4-2-7;2*1-3(2)4(5)6/h5-7H,1-4H2;2*1H2,2H3,(H,5,6). The minimum Gasteiger partial charge on any atom is -0.478 e. The molecule has 0 amide bonds. The molecular formula is C12H23NO8. The molecule has 124 valence electrons. The van der Waals surface area contributed by atoms with E-state index in [4.69, 9.17) is 20.4 Å². The number of carboxylic acid groups (broad SMARTS) is 2. The van der Waals surface area contributed by atoms with Crippen LogP contribution in [-0.2, 0) is 19.3 Å². The first-order valence-electron chi connectivity index (χ1n) is 5.68. The molecule has 0 aliphatic rings. The van der Waals surface area contributed by atoms with Crippen LogP contribution in [0.5, 0.6) is 0 Å². The normalized spacial score (nSPS) is 8.57. The predicted octanol–water partition coefficient (Wildman–Crippen LogP) is -0.282. The number of hydrogen-bond acceptors (Lipinski definition) is 7. The summed E-state index contributed by atoms with van der Waals surface area (Å²) in [5.41, 5.74) is 2.42. The molecule has 0 fully saturated rings. The first-order chi connectivity index (χ1) is 9.70. The summed E-state index contributed by atoms with van der Waals surface area (Å²) < 4.78 is 0. The Morgan fingerprint density at radius 2 is 1.14 bits per heavy atom. The van der Waals surface area contributed by atoms with E-state index in [9.17, 15) is 9.59 Å². The second-order valence-electron chi connectivity index (χ2n) is 3.40. The third-order valence-electron chi connectivity index (χ3n) is 1.23. The van der Waals surface area contributed by atoms with E-state index >= 15 is 0 Å². The summed E-state index contributed by atoms with van der Waals surface area (Å²) in [7, 11) is 0. The Balaban J connectivity index is -0.000000240. The number of rotatable bonds is 8. The molecule has 9 heteroatoms. The summed E-state index contributed by atoms with van der Waals surface area (Å²) in [5.74, 6) is -1.87. The maximum atomic E-state index is 9.60. The molecule has 9 nitrogen and oxygen atoms in total. The van der Waals surface area contributed by atoms with Crippen molar-refractivity contribution in [3.8, 4) is 0 Å². The number of hydrogen-bond donors (Lipinski definition) is 5. The molecule has 0 spiro atoms. The van der Waals surface area contributed by atoms with Crippen LogP contribution >= 0.6 is 0 Å². The number of carbonyl (C=O) groups is 2. The number of aliphatic carboxylic acids is 2. The zero-order valence-electron chi connectivity index (χ0n) is 12.2. The second kappa shape index (κ2) is 18.2. The minimum absolute atomic E-state index is 0.0600. The molecule has 5 N–H and O–H groups in total. The quantitative estimate of drug-likeness (QED) is 0.232. The Bertz CT molecular complexity index is 262. The van der Waals surface area contributed by atoms with E-state index in [0.717, 1.165) is 0 Å². The van der Waals surface area contributed by atoms with Gasteiger partial charge in [-0.1, -0.05) is 18.8 Å². The molecule has 0 aromatic heterocycles. The van der Waals surface area contributed by atoms with Gasteiger partial charge >= 0.3 is 11.9 Å². The van der Waals surface area contributed by atoms with Gasteiger partial charge in [0.25, 0.3) is 0 Å². The van der Waals surface area contributed by atoms with E-state index in [-0.39, 0.29) is 37.6 Å². The van der Waals surface area contributed by atoms with Gasteiger partial charge in [0.2, 0.25) is 0 Å². The molecule has 0 aliphatic heterocycles. The van der Waals surface area contributed by atoms with Crippen molar-refractivity contribution in [3.05, 3.63) is 24.3 Å². The molecule has 0 atom stereocenters. The summed E-state index contributed by atoms with van der Waals surface area (Å²) in [5, 5.41) is 32.1. The highest BCUT2D eigenvalue weighted by atomic mass is 16.9. The van der Waals surface area contributed by atoms with Crippen molar-refractivity contribution in [1.82, 2.24) is 5.64 Å². The molecule has 0 bridgehead atoms. The maximum absolute atomic E-state index is 9.60. The van der Waals surface area contributed by atoms with Crippen molar-refractivity contribution >= 4 is 11.9 Å². The SMILES string of the molecule is C=C(C)C(=O)O.C=C(C)C(=O)O.OCCONOCCO. The van der Waals surface area contributed by atoms with Gasteiger partial charge in [-0.2, -0.15) is 0 Å². The summed E-state index contributed by atoms with van der Waals surface area (Å²) in [6.07, 6.45) is 0. The molecule has 21 heavy (non-hydrogen) atoms. The third kappa shape index (κ3) is 32.1. The fourth-order valence-electron chi connectivity index (χ4n) is 0.216. The van der Waals surface area contributed by atoms with Gasteiger partial charge in [0.15, 0.2) is 0 Å². The van der Waals surface area contributed by atoms with Crippen LogP contribution in [0.3, 0.4) is 0 Å². The van der Waals surface area contributed by atoms with Crippen molar-refractivity contribution in [1.29, 1.82) is 0 Å². The summed E-state index contributed by atoms with van der Waals surface area (Å²) in [6.45, 7) is 9.43. The van der Waals surface area contributed by atoms with Gasteiger partial charge in [0.05, 0.1) is 26.4 Å². The van der Waals surface area contributed by atoms with Gasteiger partial charge in [-0.15, -0.1) is 0 Å². The molecule has 0 rings (SSSR count). The molecular weight excluding hydrogens is 286 g/mol. The van der Waals surface area contributed by atoms with Gasteiger partial charge in [-0.3, -0.25) is 9.68 Å². The maximum Gasteiger partial charge on any atom is 0.330 e. The Hall–Kier alpha value is -1.78. The fraction of sp³-hybridized carbons (Fsp3) is 0.500. The molecule has 0 unspecified atom stereocenters. The van der Waals surface area contributed by atoms with Gasteiger partial charge in [-0.05, 0) is 13.8 Å². The number of nitrogens with one attached hydrogen (secondary N) is 1. The van der Waals surface area contributed by atoms with Crippen LogP contribution in [-0.4, -0.2) is 58.8 Å². The lowest BCUT2D eigenvalue weighted by molar-refractivity contribution is -0.178. The van der Waals surface area contributed by atoms with Crippen LogP contribution in [0.1, 0.15) is 13.8 Å². The van der Waals surface area contributed by atoms with E-state index in [1.807, 2.05) is 0 Å². The Labute approximate surface area is 123 Å². The molecule has 0 aliphatic carbocycles. The lowest BCUT2D eigenvalue weighted by Gasteiger charge is -2.01. The first kappa shape index (κ1) is 24.3. The summed E-state index contributed by atoms with van der Waals surface area (Å²) in [4.78, 5) is 28.1. The molecule has 0 heterocycles. The van der Waals surface area contributed by atoms with Crippen LogP contribution in [0, 0.1) is 0 Å². The first-order valence-corrected chi connectivity index (χ1v) is 5.68. The van der Waals surface area contributed by atoms with Crippen LogP contribution in [0.15, 0.2) is 24.3 Å². The summed E-state index contributed by atoms with van der Waals surface area (Å²) in [6, 6.07) is 0. The molecule has 0 aromatic carbocycles. The van der Waals surface area contributed by atoms with Crippen molar-refractivity contribution in [2.45, 2.75) is 13.8 Å². The largest absolute Gasteiger partial charge is 0.478 e. The smallest absolute Gasteiger partial charge is 0.330 e. The number of aliphatic hydroxyl groups is 2. The zero-order valence-corrected chi connectivity index (χ0v) is 12.2. The average Bonchev–Trinajstić information content (AvgIpc) is 2.40. The van der Waals surface area contributed by atoms with Gasteiger partial charge in [-0.25, -0.2) is 9.59 Å². The van der Waals surface area contributed by atoms with Gasteiger partial charge in [0.1, 0.15) is 0 Å². The molecule has 0 saturated carbocycles. The van der Waals surface area contributed by atoms with E-state index in [1.54, 1.807) is 0 Å². The van der Waals surface area contributed by atoms with Crippen molar-refractivity contribution < 1.29 is 39.7 Å². The van der Waals surface area contributed by atoms with Crippen molar-refractivity contribution in [3.63, 3.8) is 0 Å². The third-order valence-corrected chi connectivity index (χ3v) is 1.23. The minimum atomic E-state index is -0.935. The van der Waals surface area contributed by atoms with Gasteiger partial charge < -0.3 is 20.4 Å².